The molecule has 2 aromatic rings. The Balaban J connectivity index is 1.53. The van der Waals surface area contributed by atoms with E-state index in [1.54, 1.807) is 12.4 Å². The maximum absolute atomic E-state index is 12.7. The van der Waals surface area contributed by atoms with Gasteiger partial charge >= 0.3 is 6.01 Å². The van der Waals surface area contributed by atoms with E-state index in [4.69, 9.17) is 9.47 Å². The highest BCUT2D eigenvalue weighted by atomic mass is 16.5. The summed E-state index contributed by atoms with van der Waals surface area (Å²) in [6.07, 6.45) is 6.65. The van der Waals surface area contributed by atoms with E-state index in [1.165, 1.54) is 0 Å². The van der Waals surface area contributed by atoms with Crippen LogP contribution in [0.5, 0.6) is 11.8 Å². The second-order valence-corrected chi connectivity index (χ2v) is 6.70. The van der Waals surface area contributed by atoms with E-state index in [0.29, 0.717) is 25.6 Å². The zero-order valence-corrected chi connectivity index (χ0v) is 16.1. The Labute approximate surface area is 160 Å². The summed E-state index contributed by atoms with van der Waals surface area (Å²) in [4.78, 5) is 23.1. The van der Waals surface area contributed by atoms with Crippen molar-refractivity contribution in [3.05, 3.63) is 47.8 Å². The number of benzene rings is 1. The Morgan fingerprint density at radius 1 is 1.15 bits per heavy atom. The molecule has 1 aromatic heterocycles. The number of amides is 1. The van der Waals surface area contributed by atoms with Crippen LogP contribution in [-0.2, 0) is 17.6 Å². The fourth-order valence-electron chi connectivity index (χ4n) is 3.15. The van der Waals surface area contributed by atoms with Gasteiger partial charge in [-0.25, -0.2) is 9.97 Å². The van der Waals surface area contributed by atoms with Crippen molar-refractivity contribution in [2.24, 2.45) is 0 Å². The normalized spacial score (nSPS) is 16.8. The van der Waals surface area contributed by atoms with Crippen molar-refractivity contribution in [1.82, 2.24) is 14.9 Å². The minimum absolute atomic E-state index is 0.0597. The summed E-state index contributed by atoms with van der Waals surface area (Å²) in [6.45, 7) is 6.00. The maximum Gasteiger partial charge on any atom is 0.316 e. The molecule has 1 aromatic carbocycles. The summed E-state index contributed by atoms with van der Waals surface area (Å²) in [5, 5.41) is 0. The van der Waals surface area contributed by atoms with Gasteiger partial charge in [0.25, 0.3) is 0 Å². The molecule has 0 saturated carbocycles. The molecule has 6 nitrogen and oxygen atoms in total. The van der Waals surface area contributed by atoms with Gasteiger partial charge in [0.15, 0.2) is 0 Å². The van der Waals surface area contributed by atoms with E-state index < -0.39 is 0 Å². The summed E-state index contributed by atoms with van der Waals surface area (Å²) in [7, 11) is 0. The van der Waals surface area contributed by atoms with Crippen molar-refractivity contribution in [2.45, 2.75) is 45.6 Å². The quantitative estimate of drug-likeness (QED) is 0.750. The molecule has 1 fully saturated rings. The standard InChI is InChI=1S/C21H27N3O3/c1-3-16-13-22-21(23-14-16)27-19-6-5-11-24(15-19)20(25)12-17-7-9-18(10-8-17)26-4-2/h7-10,13-14,19H,3-6,11-12,15H2,1-2H3. The minimum atomic E-state index is -0.0597. The Bertz CT molecular complexity index is 731. The first-order valence-electron chi connectivity index (χ1n) is 9.65. The van der Waals surface area contributed by atoms with Crippen LogP contribution >= 0.6 is 0 Å². The third kappa shape index (κ3) is 5.42. The Hall–Kier alpha value is -2.63. The van der Waals surface area contributed by atoms with Gasteiger partial charge in [-0.2, -0.15) is 0 Å². The Kier molecular flexibility index (Phi) is 6.63. The highest BCUT2D eigenvalue weighted by Crippen LogP contribution is 2.18. The van der Waals surface area contributed by atoms with Crippen LogP contribution in [0.15, 0.2) is 36.7 Å². The molecule has 2 heterocycles. The topological polar surface area (TPSA) is 64.5 Å². The first kappa shape index (κ1) is 19.1. The number of nitrogens with zero attached hydrogens (tertiary/aromatic N) is 3. The molecular weight excluding hydrogens is 342 g/mol. The summed E-state index contributed by atoms with van der Waals surface area (Å²) in [5.41, 5.74) is 2.07. The molecule has 1 aliphatic heterocycles. The lowest BCUT2D eigenvalue weighted by molar-refractivity contribution is -0.133. The van der Waals surface area contributed by atoms with Gasteiger partial charge in [-0.05, 0) is 49.4 Å². The van der Waals surface area contributed by atoms with Crippen LogP contribution in [0, 0.1) is 0 Å². The highest BCUT2D eigenvalue weighted by molar-refractivity contribution is 5.79. The van der Waals surface area contributed by atoms with E-state index in [2.05, 4.69) is 16.9 Å². The largest absolute Gasteiger partial charge is 0.494 e. The second kappa shape index (κ2) is 9.35. The molecule has 0 N–H and O–H groups in total. The minimum Gasteiger partial charge on any atom is -0.494 e. The number of carbonyl (C=O) groups is 1. The Morgan fingerprint density at radius 3 is 2.56 bits per heavy atom. The molecule has 1 atom stereocenters. The summed E-state index contributed by atoms with van der Waals surface area (Å²) < 4.78 is 11.3. The van der Waals surface area contributed by atoms with Crippen LogP contribution in [0.1, 0.15) is 37.8 Å². The molecule has 1 saturated heterocycles. The van der Waals surface area contributed by atoms with E-state index in [0.717, 1.165) is 42.7 Å². The molecule has 1 aliphatic rings. The van der Waals surface area contributed by atoms with Gasteiger partial charge in [-0.3, -0.25) is 4.79 Å². The third-order valence-corrected chi connectivity index (χ3v) is 4.68. The predicted molar refractivity (Wildman–Crippen MR) is 103 cm³/mol. The molecule has 0 aliphatic carbocycles. The lowest BCUT2D eigenvalue weighted by Crippen LogP contribution is -2.45. The zero-order chi connectivity index (χ0) is 19.1. The van der Waals surface area contributed by atoms with E-state index >= 15 is 0 Å². The summed E-state index contributed by atoms with van der Waals surface area (Å²) in [6, 6.07) is 8.10. The van der Waals surface area contributed by atoms with Crippen LogP contribution in [0.3, 0.4) is 0 Å². The van der Waals surface area contributed by atoms with Gasteiger partial charge in [0.1, 0.15) is 11.9 Å². The number of aromatic nitrogens is 2. The molecule has 0 bridgehead atoms. The number of likely N-dealkylation sites (tertiary alicyclic amines) is 1. The van der Waals surface area contributed by atoms with Crippen LogP contribution in [0.25, 0.3) is 0 Å². The number of piperidine rings is 1. The van der Waals surface area contributed by atoms with Crippen molar-refractivity contribution >= 4 is 5.91 Å². The third-order valence-electron chi connectivity index (χ3n) is 4.68. The van der Waals surface area contributed by atoms with Gasteiger partial charge < -0.3 is 14.4 Å². The molecule has 27 heavy (non-hydrogen) atoms. The molecule has 0 radical (unpaired) electrons. The van der Waals surface area contributed by atoms with E-state index in [1.807, 2.05) is 36.1 Å². The first-order chi connectivity index (χ1) is 13.2. The van der Waals surface area contributed by atoms with Crippen molar-refractivity contribution in [2.75, 3.05) is 19.7 Å². The molecule has 3 rings (SSSR count). The lowest BCUT2D eigenvalue weighted by Gasteiger charge is -2.32. The van der Waals surface area contributed by atoms with Gasteiger partial charge in [0.2, 0.25) is 5.91 Å². The molecule has 144 valence electrons. The fourth-order valence-corrected chi connectivity index (χ4v) is 3.15. The molecule has 0 spiro atoms. The van der Waals surface area contributed by atoms with Gasteiger partial charge in [-0.15, -0.1) is 0 Å². The number of aryl methyl sites for hydroxylation is 1. The summed E-state index contributed by atoms with van der Waals surface area (Å²) >= 11 is 0. The maximum atomic E-state index is 12.7. The Morgan fingerprint density at radius 2 is 1.89 bits per heavy atom. The average Bonchev–Trinajstić information content (AvgIpc) is 2.70. The number of hydrogen-bond acceptors (Lipinski definition) is 5. The van der Waals surface area contributed by atoms with E-state index in [-0.39, 0.29) is 12.0 Å². The van der Waals surface area contributed by atoms with Crippen molar-refractivity contribution in [1.29, 1.82) is 0 Å². The number of ether oxygens (including phenoxy) is 2. The first-order valence-corrected chi connectivity index (χ1v) is 9.65. The fraction of sp³-hybridized carbons (Fsp3) is 0.476. The number of rotatable bonds is 7. The van der Waals surface area contributed by atoms with Crippen LogP contribution < -0.4 is 9.47 Å². The molecule has 1 amide bonds. The summed E-state index contributed by atoms with van der Waals surface area (Å²) in [5.74, 6) is 0.948. The zero-order valence-electron chi connectivity index (χ0n) is 16.1. The van der Waals surface area contributed by atoms with Crippen LogP contribution in [-0.4, -0.2) is 46.6 Å². The van der Waals surface area contributed by atoms with Gasteiger partial charge in [-0.1, -0.05) is 19.1 Å². The number of hydrogen-bond donors (Lipinski definition) is 0. The van der Waals surface area contributed by atoms with Crippen molar-refractivity contribution < 1.29 is 14.3 Å². The molecule has 1 unspecified atom stereocenters. The van der Waals surface area contributed by atoms with Crippen LogP contribution in [0.2, 0.25) is 0 Å². The van der Waals surface area contributed by atoms with Crippen molar-refractivity contribution in [3.8, 4) is 11.8 Å². The molecule has 6 heteroatoms. The predicted octanol–water partition coefficient (Wildman–Crippen LogP) is 3.05. The van der Waals surface area contributed by atoms with Gasteiger partial charge in [0.05, 0.1) is 19.6 Å². The average molecular weight is 369 g/mol. The highest BCUT2D eigenvalue weighted by Gasteiger charge is 2.25. The smallest absolute Gasteiger partial charge is 0.316 e. The number of carbonyl (C=O) groups excluding carboxylic acids is 1. The van der Waals surface area contributed by atoms with Crippen molar-refractivity contribution in [3.63, 3.8) is 0 Å². The lowest BCUT2D eigenvalue weighted by atomic mass is 10.1. The monoisotopic (exact) mass is 369 g/mol. The second-order valence-electron chi connectivity index (χ2n) is 6.70. The van der Waals surface area contributed by atoms with Crippen LogP contribution in [0.4, 0.5) is 0 Å². The van der Waals surface area contributed by atoms with E-state index in [9.17, 15) is 4.79 Å². The van der Waals surface area contributed by atoms with Gasteiger partial charge in [0, 0.05) is 18.9 Å². The molecular formula is C21H27N3O3. The SMILES string of the molecule is CCOc1ccc(CC(=O)N2CCCC(Oc3ncc(CC)cn3)C2)cc1.